The number of benzene rings is 3. The quantitative estimate of drug-likeness (QED) is 0.209. The molecule has 0 aromatic heterocycles. The fraction of sp³-hybridized carbons (Fsp3) is 0.115. The Balaban J connectivity index is 1.84. The van der Waals surface area contributed by atoms with Crippen molar-refractivity contribution in [3.05, 3.63) is 104 Å². The number of carbonyl (C=O) groups is 1. The van der Waals surface area contributed by atoms with Crippen molar-refractivity contribution in [1.29, 1.82) is 0 Å². The van der Waals surface area contributed by atoms with Gasteiger partial charge in [-0.1, -0.05) is 36.4 Å². The molecule has 1 aliphatic heterocycles. The van der Waals surface area contributed by atoms with Gasteiger partial charge < -0.3 is 9.47 Å². The largest absolute Gasteiger partial charge is 0.495 e. The molecule has 0 fully saturated rings. The van der Waals surface area contributed by atoms with E-state index in [4.69, 9.17) is 9.47 Å². The highest BCUT2D eigenvalue weighted by molar-refractivity contribution is 9.10. The highest BCUT2D eigenvalue weighted by Gasteiger charge is 2.33. The monoisotopic (exact) mass is 520 g/mol. The molecule has 8 heteroatoms. The van der Waals surface area contributed by atoms with Crippen LogP contribution in [0.3, 0.4) is 0 Å². The van der Waals surface area contributed by atoms with E-state index in [0.717, 1.165) is 15.6 Å². The van der Waals surface area contributed by atoms with E-state index in [9.17, 15) is 14.9 Å². The molecule has 0 N–H and O–H groups in total. The van der Waals surface area contributed by atoms with E-state index in [0.29, 0.717) is 35.1 Å². The van der Waals surface area contributed by atoms with Gasteiger partial charge in [-0.05, 0) is 64.3 Å². The van der Waals surface area contributed by atoms with Gasteiger partial charge in [0.15, 0.2) is 0 Å². The smallest absolute Gasteiger partial charge is 0.271 e. The maximum Gasteiger partial charge on any atom is 0.271 e. The van der Waals surface area contributed by atoms with Crippen molar-refractivity contribution in [3.8, 4) is 11.5 Å². The van der Waals surface area contributed by atoms with Crippen molar-refractivity contribution in [1.82, 2.24) is 0 Å². The van der Waals surface area contributed by atoms with E-state index < -0.39 is 4.92 Å². The highest BCUT2D eigenvalue weighted by atomic mass is 79.9. The summed E-state index contributed by atoms with van der Waals surface area (Å²) < 4.78 is 11.8. The molecular weight excluding hydrogens is 500 g/mol. The van der Waals surface area contributed by atoms with Gasteiger partial charge in [-0.2, -0.15) is 0 Å². The number of hydrogen-bond donors (Lipinski definition) is 0. The van der Waals surface area contributed by atoms with Gasteiger partial charge in [0.25, 0.3) is 11.6 Å². The van der Waals surface area contributed by atoms with E-state index in [-0.39, 0.29) is 11.6 Å². The minimum absolute atomic E-state index is 0.135. The number of non-ortho nitro benzene ring substituents is 1. The molecule has 0 atom stereocenters. The van der Waals surface area contributed by atoms with Gasteiger partial charge in [0, 0.05) is 17.7 Å². The molecule has 1 aliphatic rings. The van der Waals surface area contributed by atoms with E-state index in [1.165, 1.54) is 30.2 Å². The molecule has 0 spiro atoms. The third kappa shape index (κ3) is 4.58. The Morgan fingerprint density at radius 1 is 1.06 bits per heavy atom. The zero-order chi connectivity index (χ0) is 24.2. The first-order chi connectivity index (χ1) is 16.4. The summed E-state index contributed by atoms with van der Waals surface area (Å²) in [7, 11) is 1.46. The van der Waals surface area contributed by atoms with Gasteiger partial charge in [-0.25, -0.2) is 0 Å². The van der Waals surface area contributed by atoms with Crippen LogP contribution in [0.15, 0.2) is 82.9 Å². The van der Waals surface area contributed by atoms with Gasteiger partial charge in [-0.3, -0.25) is 19.8 Å². The lowest BCUT2D eigenvalue weighted by Crippen LogP contribution is -2.25. The van der Waals surface area contributed by atoms with E-state index >= 15 is 0 Å². The number of rotatable bonds is 7. The third-order valence-electron chi connectivity index (χ3n) is 5.24. The number of halogens is 1. The second kappa shape index (κ2) is 9.93. The molecule has 34 heavy (non-hydrogen) atoms. The van der Waals surface area contributed by atoms with Crippen LogP contribution in [0.1, 0.15) is 18.1 Å². The summed E-state index contributed by atoms with van der Waals surface area (Å²) in [4.78, 5) is 26.0. The fourth-order valence-corrected chi connectivity index (χ4v) is 4.21. The van der Waals surface area contributed by atoms with Crippen molar-refractivity contribution in [2.45, 2.75) is 6.92 Å². The number of nitro groups is 1. The molecule has 0 unspecified atom stereocenters. The lowest BCUT2D eigenvalue weighted by molar-refractivity contribution is -0.384. The second-order valence-electron chi connectivity index (χ2n) is 7.37. The van der Waals surface area contributed by atoms with Crippen LogP contribution in [0.25, 0.3) is 11.8 Å². The van der Waals surface area contributed by atoms with Crippen LogP contribution in [0.4, 0.5) is 11.4 Å². The lowest BCUT2D eigenvalue weighted by atomic mass is 10.1. The molecule has 0 saturated carbocycles. The Morgan fingerprint density at radius 3 is 2.44 bits per heavy atom. The standard InChI is InChI=1S/C26H21BrN2O5/c1-3-34-24-11-9-17(14-21(24)27)13-19-15-22(18-7-5-4-6-8-18)28(26(19)30)23-16-20(29(31)32)10-12-25(23)33-2/h4-16H,3H2,1-2H3/b19-13+. The van der Waals surface area contributed by atoms with Gasteiger partial charge in [-0.15, -0.1) is 0 Å². The molecule has 0 aliphatic carbocycles. The van der Waals surface area contributed by atoms with Crippen molar-refractivity contribution in [2.75, 3.05) is 18.6 Å². The van der Waals surface area contributed by atoms with Gasteiger partial charge in [0.05, 0.1) is 34.5 Å². The van der Waals surface area contributed by atoms with E-state index in [2.05, 4.69) is 15.9 Å². The van der Waals surface area contributed by atoms with Crippen LogP contribution in [0.5, 0.6) is 11.5 Å². The predicted octanol–water partition coefficient (Wildman–Crippen LogP) is 6.24. The molecule has 172 valence electrons. The molecule has 0 radical (unpaired) electrons. The normalized spacial score (nSPS) is 14.3. The van der Waals surface area contributed by atoms with Crippen LogP contribution in [-0.2, 0) is 4.79 Å². The Kier molecular flexibility index (Phi) is 6.79. The molecule has 1 amide bonds. The maximum absolute atomic E-state index is 13.6. The van der Waals surface area contributed by atoms with Gasteiger partial charge in [0.2, 0.25) is 0 Å². The van der Waals surface area contributed by atoms with Crippen LogP contribution >= 0.6 is 15.9 Å². The molecule has 7 nitrogen and oxygen atoms in total. The molecule has 1 heterocycles. The van der Waals surface area contributed by atoms with Crippen LogP contribution < -0.4 is 14.4 Å². The first-order valence-electron chi connectivity index (χ1n) is 10.5. The molecule has 0 saturated heterocycles. The van der Waals surface area contributed by atoms with E-state index in [1.54, 1.807) is 12.2 Å². The number of anilines is 1. The molecule has 4 rings (SSSR count). The summed E-state index contributed by atoms with van der Waals surface area (Å²) in [5, 5.41) is 11.4. The van der Waals surface area contributed by atoms with Crippen LogP contribution in [0, 0.1) is 10.1 Å². The predicted molar refractivity (Wildman–Crippen MR) is 135 cm³/mol. The lowest BCUT2D eigenvalue weighted by Gasteiger charge is -2.22. The third-order valence-corrected chi connectivity index (χ3v) is 5.86. The van der Waals surface area contributed by atoms with E-state index in [1.807, 2.05) is 55.5 Å². The number of ether oxygens (including phenoxy) is 2. The Labute approximate surface area is 205 Å². The average Bonchev–Trinajstić information content (AvgIpc) is 3.16. The van der Waals surface area contributed by atoms with Crippen LogP contribution in [-0.4, -0.2) is 24.5 Å². The zero-order valence-corrected chi connectivity index (χ0v) is 20.1. The number of amides is 1. The van der Waals surface area contributed by atoms with Crippen molar-refractivity contribution >= 4 is 45.0 Å². The van der Waals surface area contributed by atoms with Gasteiger partial charge >= 0.3 is 0 Å². The highest BCUT2D eigenvalue weighted by Crippen LogP contribution is 2.41. The van der Waals surface area contributed by atoms with Crippen LogP contribution in [0.2, 0.25) is 0 Å². The Hall–Kier alpha value is -3.91. The number of methoxy groups -OCH3 is 1. The Bertz CT molecular complexity index is 1320. The number of nitrogens with zero attached hydrogens (tertiary/aromatic N) is 2. The summed E-state index contributed by atoms with van der Waals surface area (Å²) >= 11 is 3.50. The molecule has 0 bridgehead atoms. The Morgan fingerprint density at radius 2 is 1.79 bits per heavy atom. The topological polar surface area (TPSA) is 81.9 Å². The minimum atomic E-state index is -0.496. The minimum Gasteiger partial charge on any atom is -0.495 e. The second-order valence-corrected chi connectivity index (χ2v) is 8.23. The first-order valence-corrected chi connectivity index (χ1v) is 11.3. The summed E-state index contributed by atoms with van der Waals surface area (Å²) in [6, 6.07) is 19.2. The maximum atomic E-state index is 13.6. The fourth-order valence-electron chi connectivity index (χ4n) is 3.70. The number of nitro benzene ring substituents is 1. The van der Waals surface area contributed by atoms with Crippen molar-refractivity contribution in [2.24, 2.45) is 0 Å². The average molecular weight is 521 g/mol. The summed E-state index contributed by atoms with van der Waals surface area (Å²) in [6.07, 6.45) is 3.55. The molecule has 3 aromatic rings. The molecule has 3 aromatic carbocycles. The van der Waals surface area contributed by atoms with Crippen molar-refractivity contribution in [3.63, 3.8) is 0 Å². The zero-order valence-electron chi connectivity index (χ0n) is 18.5. The molecular formula is C26H21BrN2O5. The number of carbonyl (C=O) groups excluding carboxylic acids is 1. The van der Waals surface area contributed by atoms with Crippen molar-refractivity contribution < 1.29 is 19.2 Å². The summed E-state index contributed by atoms with van der Waals surface area (Å²) in [5.41, 5.74) is 2.79. The summed E-state index contributed by atoms with van der Waals surface area (Å²) in [6.45, 7) is 2.45. The summed E-state index contributed by atoms with van der Waals surface area (Å²) in [5.74, 6) is 0.749. The number of hydrogen-bond acceptors (Lipinski definition) is 5. The van der Waals surface area contributed by atoms with Gasteiger partial charge in [0.1, 0.15) is 11.5 Å². The SMILES string of the molecule is CCOc1ccc(/C=C2\C=C(c3ccccc3)N(c3cc([N+](=O)[O-])ccc3OC)C2=O)cc1Br. The first kappa shape index (κ1) is 23.3.